The number of thiazole rings is 1. The van der Waals surface area contributed by atoms with E-state index in [4.69, 9.17) is 10.5 Å². The summed E-state index contributed by atoms with van der Waals surface area (Å²) in [4.78, 5) is 4.47. The molecule has 0 spiro atoms. The topological polar surface area (TPSA) is 60.2 Å². The molecule has 5 heteroatoms. The van der Waals surface area contributed by atoms with E-state index in [9.17, 15) is 0 Å². The lowest BCUT2D eigenvalue weighted by Crippen LogP contribution is -2.17. The third-order valence-electron chi connectivity index (χ3n) is 2.96. The van der Waals surface area contributed by atoms with Crippen LogP contribution in [0.1, 0.15) is 42.9 Å². The number of nitrogens with zero attached hydrogens (tertiary/aromatic N) is 1. The number of aromatic nitrogens is 1. The minimum absolute atomic E-state index is 0.0413. The van der Waals surface area contributed by atoms with E-state index in [0.29, 0.717) is 0 Å². The molecule has 1 atom stereocenters. The fourth-order valence-electron chi connectivity index (χ4n) is 1.66. The molecule has 0 saturated heterocycles. The van der Waals surface area contributed by atoms with E-state index in [0.717, 1.165) is 49.3 Å². The first-order chi connectivity index (χ1) is 8.75. The van der Waals surface area contributed by atoms with Gasteiger partial charge in [0.05, 0.1) is 11.7 Å². The molecule has 1 heterocycles. The number of hydrogen-bond donors (Lipinski definition) is 2. The van der Waals surface area contributed by atoms with Crippen molar-refractivity contribution in [3.63, 3.8) is 0 Å². The SMILES string of the molecule is CC(N)c1nc(CNCCCOCC2CC2)cs1. The molecule has 4 nitrogen and oxygen atoms in total. The standard InChI is InChI=1S/C13H23N3OS/c1-10(14)13-16-12(9-18-13)7-15-5-2-6-17-8-11-3-4-11/h9-11,15H,2-8,14H2,1H3. The molecule has 0 radical (unpaired) electrons. The highest BCUT2D eigenvalue weighted by atomic mass is 32.1. The summed E-state index contributed by atoms with van der Waals surface area (Å²) in [5, 5.41) is 6.47. The van der Waals surface area contributed by atoms with Crippen LogP contribution in [0.4, 0.5) is 0 Å². The Morgan fingerprint density at radius 3 is 3.11 bits per heavy atom. The van der Waals surface area contributed by atoms with E-state index < -0.39 is 0 Å². The predicted molar refractivity (Wildman–Crippen MR) is 74.6 cm³/mol. The third-order valence-corrected chi connectivity index (χ3v) is 4.05. The van der Waals surface area contributed by atoms with Gasteiger partial charge in [0, 0.05) is 25.1 Å². The second-order valence-electron chi connectivity index (χ2n) is 5.01. The van der Waals surface area contributed by atoms with Crippen molar-refractivity contribution in [1.82, 2.24) is 10.3 Å². The van der Waals surface area contributed by atoms with Gasteiger partial charge in [0.15, 0.2) is 0 Å². The monoisotopic (exact) mass is 269 g/mol. The van der Waals surface area contributed by atoms with Crippen LogP contribution in [0.5, 0.6) is 0 Å². The molecule has 102 valence electrons. The fourth-order valence-corrected chi connectivity index (χ4v) is 2.44. The van der Waals surface area contributed by atoms with Crippen molar-refractivity contribution in [2.24, 2.45) is 11.7 Å². The van der Waals surface area contributed by atoms with Crippen molar-refractivity contribution in [2.45, 2.75) is 38.8 Å². The van der Waals surface area contributed by atoms with Gasteiger partial charge in [0.1, 0.15) is 5.01 Å². The molecular weight excluding hydrogens is 246 g/mol. The van der Waals surface area contributed by atoms with Crippen LogP contribution in [0.25, 0.3) is 0 Å². The number of ether oxygens (including phenoxy) is 1. The van der Waals surface area contributed by atoms with Crippen LogP contribution >= 0.6 is 11.3 Å². The van der Waals surface area contributed by atoms with Crippen molar-refractivity contribution in [2.75, 3.05) is 19.8 Å². The molecule has 1 fully saturated rings. The van der Waals surface area contributed by atoms with Crippen LogP contribution < -0.4 is 11.1 Å². The van der Waals surface area contributed by atoms with Crippen LogP contribution in [0.15, 0.2) is 5.38 Å². The molecule has 1 unspecified atom stereocenters. The number of rotatable bonds is 9. The Labute approximate surface area is 113 Å². The van der Waals surface area contributed by atoms with E-state index in [-0.39, 0.29) is 6.04 Å². The van der Waals surface area contributed by atoms with Gasteiger partial charge in [-0.3, -0.25) is 0 Å². The third kappa shape index (κ3) is 5.02. The number of nitrogens with two attached hydrogens (primary N) is 1. The lowest BCUT2D eigenvalue weighted by molar-refractivity contribution is 0.122. The summed E-state index contributed by atoms with van der Waals surface area (Å²) in [5.41, 5.74) is 6.87. The first-order valence-electron chi connectivity index (χ1n) is 6.74. The zero-order chi connectivity index (χ0) is 12.8. The second-order valence-corrected chi connectivity index (χ2v) is 5.90. The van der Waals surface area contributed by atoms with E-state index in [1.165, 1.54) is 12.8 Å². The summed E-state index contributed by atoms with van der Waals surface area (Å²) >= 11 is 1.64. The van der Waals surface area contributed by atoms with Gasteiger partial charge in [0.25, 0.3) is 0 Å². The molecule has 1 aliphatic carbocycles. The molecule has 2 rings (SSSR count). The summed E-state index contributed by atoms with van der Waals surface area (Å²) in [5.74, 6) is 0.865. The van der Waals surface area contributed by atoms with Crippen LogP contribution in [0, 0.1) is 5.92 Å². The molecule has 18 heavy (non-hydrogen) atoms. The van der Waals surface area contributed by atoms with Crippen LogP contribution in [0.2, 0.25) is 0 Å². The van der Waals surface area contributed by atoms with Crippen molar-refractivity contribution >= 4 is 11.3 Å². The van der Waals surface area contributed by atoms with E-state index >= 15 is 0 Å². The second kappa shape index (κ2) is 7.19. The van der Waals surface area contributed by atoms with Crippen LogP contribution in [-0.4, -0.2) is 24.7 Å². The van der Waals surface area contributed by atoms with E-state index in [1.54, 1.807) is 11.3 Å². The zero-order valence-electron chi connectivity index (χ0n) is 11.0. The number of nitrogens with one attached hydrogen (secondary N) is 1. The Bertz CT molecular complexity index is 350. The summed E-state index contributed by atoms with van der Waals surface area (Å²) < 4.78 is 5.58. The largest absolute Gasteiger partial charge is 0.381 e. The van der Waals surface area contributed by atoms with Gasteiger partial charge in [-0.25, -0.2) is 4.98 Å². The molecule has 3 N–H and O–H groups in total. The first-order valence-corrected chi connectivity index (χ1v) is 7.62. The molecule has 0 amide bonds. The Morgan fingerprint density at radius 2 is 2.44 bits per heavy atom. The van der Waals surface area contributed by atoms with E-state index in [2.05, 4.69) is 15.7 Å². The van der Waals surface area contributed by atoms with Gasteiger partial charge in [-0.1, -0.05) is 0 Å². The summed E-state index contributed by atoms with van der Waals surface area (Å²) in [6, 6.07) is 0.0413. The molecule has 1 saturated carbocycles. The number of hydrogen-bond acceptors (Lipinski definition) is 5. The Hall–Kier alpha value is -0.490. The lowest BCUT2D eigenvalue weighted by Gasteiger charge is -2.04. The van der Waals surface area contributed by atoms with E-state index in [1.807, 2.05) is 6.92 Å². The Balaban J connectivity index is 1.48. The summed E-state index contributed by atoms with van der Waals surface area (Å²) in [6.07, 6.45) is 3.80. The maximum Gasteiger partial charge on any atom is 0.109 e. The van der Waals surface area contributed by atoms with Crippen molar-refractivity contribution < 1.29 is 4.74 Å². The Kier molecular flexibility index (Phi) is 5.56. The predicted octanol–water partition coefficient (Wildman–Crippen LogP) is 2.07. The van der Waals surface area contributed by atoms with Crippen molar-refractivity contribution in [1.29, 1.82) is 0 Å². The highest BCUT2D eigenvalue weighted by Crippen LogP contribution is 2.28. The van der Waals surface area contributed by atoms with Crippen LogP contribution in [0.3, 0.4) is 0 Å². The van der Waals surface area contributed by atoms with Gasteiger partial charge in [0.2, 0.25) is 0 Å². The first kappa shape index (κ1) is 13.9. The normalized spacial score (nSPS) is 17.0. The molecule has 0 aromatic carbocycles. The molecule has 1 aliphatic rings. The van der Waals surface area contributed by atoms with Gasteiger partial charge >= 0.3 is 0 Å². The average molecular weight is 269 g/mol. The smallest absolute Gasteiger partial charge is 0.109 e. The zero-order valence-corrected chi connectivity index (χ0v) is 11.8. The van der Waals surface area contributed by atoms with Crippen molar-refractivity contribution in [3.8, 4) is 0 Å². The maximum absolute atomic E-state index is 5.78. The minimum atomic E-state index is 0.0413. The highest BCUT2D eigenvalue weighted by Gasteiger charge is 2.20. The maximum atomic E-state index is 5.78. The highest BCUT2D eigenvalue weighted by molar-refractivity contribution is 7.09. The van der Waals surface area contributed by atoms with Gasteiger partial charge in [-0.2, -0.15) is 0 Å². The van der Waals surface area contributed by atoms with Gasteiger partial charge in [-0.15, -0.1) is 11.3 Å². The molecular formula is C13H23N3OS. The van der Waals surface area contributed by atoms with Crippen molar-refractivity contribution in [3.05, 3.63) is 16.1 Å². The van der Waals surface area contributed by atoms with Gasteiger partial charge < -0.3 is 15.8 Å². The minimum Gasteiger partial charge on any atom is -0.381 e. The average Bonchev–Trinajstić information content (AvgIpc) is 3.04. The van der Waals surface area contributed by atoms with Gasteiger partial charge in [-0.05, 0) is 38.6 Å². The fraction of sp³-hybridized carbons (Fsp3) is 0.769. The lowest BCUT2D eigenvalue weighted by atomic mass is 10.4. The molecule has 1 aromatic rings. The summed E-state index contributed by atoms with van der Waals surface area (Å²) in [6.45, 7) is 5.60. The molecule has 0 aliphatic heterocycles. The quantitative estimate of drug-likeness (QED) is 0.674. The molecule has 1 aromatic heterocycles. The Morgan fingerprint density at radius 1 is 1.61 bits per heavy atom. The van der Waals surface area contributed by atoms with Crippen LogP contribution in [-0.2, 0) is 11.3 Å². The molecule has 0 bridgehead atoms. The summed E-state index contributed by atoms with van der Waals surface area (Å²) in [7, 11) is 0.